The van der Waals surface area contributed by atoms with Crippen molar-refractivity contribution in [3.8, 4) is 0 Å². The lowest BCUT2D eigenvalue weighted by molar-refractivity contribution is -0.250. The van der Waals surface area contributed by atoms with E-state index in [0.29, 0.717) is 34.2 Å². The van der Waals surface area contributed by atoms with Crippen LogP contribution in [0.15, 0.2) is 24.7 Å². The van der Waals surface area contributed by atoms with Gasteiger partial charge < -0.3 is 14.6 Å². The first-order valence-corrected chi connectivity index (χ1v) is 10.1. The monoisotopic (exact) mass is 454 g/mol. The van der Waals surface area contributed by atoms with E-state index in [2.05, 4.69) is 19.9 Å². The predicted molar refractivity (Wildman–Crippen MR) is 110 cm³/mol. The fraction of sp³-hybridized carbons (Fsp3) is 0.500. The van der Waals surface area contributed by atoms with Crippen molar-refractivity contribution in [2.24, 2.45) is 0 Å². The number of anilines is 1. The fourth-order valence-electron chi connectivity index (χ4n) is 3.50. The number of hydrogen-bond donors (Lipinski definition) is 1. The van der Waals surface area contributed by atoms with Crippen LogP contribution >= 0.6 is 11.6 Å². The smallest absolute Gasteiger partial charge is 0.379 e. The minimum atomic E-state index is -4.73. The van der Waals surface area contributed by atoms with E-state index in [4.69, 9.17) is 11.6 Å². The lowest BCUT2D eigenvalue weighted by Gasteiger charge is -2.27. The molecule has 1 atom stereocenters. The largest absolute Gasteiger partial charge is 0.418 e. The Morgan fingerprint density at radius 1 is 1.19 bits per heavy atom. The van der Waals surface area contributed by atoms with E-state index in [-0.39, 0.29) is 12.4 Å². The van der Waals surface area contributed by atoms with Gasteiger partial charge in [0.25, 0.3) is 0 Å². The molecular formula is C20H22ClF3N6O. The Hall–Kier alpha value is -2.46. The third-order valence-electron chi connectivity index (χ3n) is 5.35. The summed E-state index contributed by atoms with van der Waals surface area (Å²) < 4.78 is 41.8. The van der Waals surface area contributed by atoms with Crippen LogP contribution in [-0.2, 0) is 12.0 Å². The molecule has 4 heterocycles. The van der Waals surface area contributed by atoms with E-state index >= 15 is 0 Å². The Labute approximate surface area is 181 Å². The molecule has 0 aromatic carbocycles. The first kappa shape index (κ1) is 21.8. The van der Waals surface area contributed by atoms with Crippen LogP contribution in [0.4, 0.5) is 19.0 Å². The van der Waals surface area contributed by atoms with Gasteiger partial charge in [-0.1, -0.05) is 32.4 Å². The van der Waals surface area contributed by atoms with Gasteiger partial charge in [0.15, 0.2) is 22.6 Å². The first-order valence-electron chi connectivity index (χ1n) is 9.76. The Balaban J connectivity index is 1.81. The molecule has 0 radical (unpaired) electrons. The Morgan fingerprint density at radius 2 is 1.94 bits per heavy atom. The molecule has 1 aliphatic heterocycles. The molecule has 0 aliphatic carbocycles. The van der Waals surface area contributed by atoms with Gasteiger partial charge in [0.05, 0.1) is 30.1 Å². The molecule has 0 saturated carbocycles. The van der Waals surface area contributed by atoms with E-state index in [1.807, 2.05) is 20.8 Å². The molecule has 1 N–H and O–H groups in total. The Morgan fingerprint density at radius 3 is 2.55 bits per heavy atom. The van der Waals surface area contributed by atoms with Gasteiger partial charge in [-0.05, 0) is 12.1 Å². The highest BCUT2D eigenvalue weighted by Crippen LogP contribution is 2.40. The molecule has 7 nitrogen and oxygen atoms in total. The molecule has 0 amide bonds. The zero-order valence-corrected chi connectivity index (χ0v) is 18.0. The van der Waals surface area contributed by atoms with Crippen molar-refractivity contribution in [2.75, 3.05) is 18.0 Å². The summed E-state index contributed by atoms with van der Waals surface area (Å²) in [5.74, 6) is 0.743. The van der Waals surface area contributed by atoms with Gasteiger partial charge in [0, 0.05) is 24.6 Å². The maximum atomic E-state index is 13.4. The molecule has 1 fully saturated rings. The normalized spacial score (nSPS) is 20.1. The van der Waals surface area contributed by atoms with Crippen LogP contribution in [-0.4, -0.2) is 54.5 Å². The van der Waals surface area contributed by atoms with Crippen molar-refractivity contribution in [3.63, 3.8) is 0 Å². The maximum absolute atomic E-state index is 13.4. The topological polar surface area (TPSA) is 80.0 Å². The molecule has 4 rings (SSSR count). The number of aromatic nitrogens is 5. The molecule has 11 heteroatoms. The van der Waals surface area contributed by atoms with E-state index in [1.165, 1.54) is 4.90 Å². The summed E-state index contributed by atoms with van der Waals surface area (Å²) in [6.45, 7) is 5.46. The second-order valence-corrected chi connectivity index (χ2v) is 9.21. The summed E-state index contributed by atoms with van der Waals surface area (Å²) in [4.78, 5) is 19.3. The van der Waals surface area contributed by atoms with Crippen LogP contribution in [0, 0.1) is 0 Å². The highest BCUT2D eigenvalue weighted by molar-refractivity contribution is 6.31. The zero-order valence-electron chi connectivity index (χ0n) is 17.3. The summed E-state index contributed by atoms with van der Waals surface area (Å²) in [7, 11) is 0. The third kappa shape index (κ3) is 3.94. The van der Waals surface area contributed by atoms with E-state index in [0.717, 1.165) is 0 Å². The molecule has 3 aromatic rings. The number of fused-ring (bicyclic) bond motifs is 1. The quantitative estimate of drug-likeness (QED) is 0.649. The number of halogens is 4. The Kier molecular flexibility index (Phi) is 5.13. The van der Waals surface area contributed by atoms with Crippen LogP contribution in [0.5, 0.6) is 0 Å². The fourth-order valence-corrected chi connectivity index (χ4v) is 3.68. The van der Waals surface area contributed by atoms with Crippen molar-refractivity contribution in [1.82, 2.24) is 24.5 Å². The van der Waals surface area contributed by atoms with Crippen molar-refractivity contribution in [1.29, 1.82) is 0 Å². The second-order valence-electron chi connectivity index (χ2n) is 8.80. The highest BCUT2D eigenvalue weighted by Gasteiger charge is 2.57. The zero-order chi connectivity index (χ0) is 22.6. The molecule has 1 aliphatic rings. The summed E-state index contributed by atoms with van der Waals surface area (Å²) in [6.07, 6.45) is -1.98. The molecule has 3 aromatic heterocycles. The number of imidazole rings is 1. The van der Waals surface area contributed by atoms with Crippen molar-refractivity contribution < 1.29 is 18.3 Å². The summed E-state index contributed by atoms with van der Waals surface area (Å²) >= 11 is 6.23. The number of nitrogens with zero attached hydrogens (tertiary/aromatic N) is 6. The molecule has 1 saturated heterocycles. The minimum absolute atomic E-state index is 0.00460. The van der Waals surface area contributed by atoms with Crippen molar-refractivity contribution >= 4 is 28.6 Å². The predicted octanol–water partition coefficient (Wildman–Crippen LogP) is 3.72. The number of β-amino-alcohol motifs (C(OH)–C–C–N with tert-alkyl or cyclic N) is 1. The molecule has 1 unspecified atom stereocenters. The number of pyridine rings is 1. The molecule has 31 heavy (non-hydrogen) atoms. The number of alkyl halides is 3. The van der Waals surface area contributed by atoms with Gasteiger partial charge in [0.1, 0.15) is 5.82 Å². The summed E-state index contributed by atoms with van der Waals surface area (Å²) in [6, 6.07) is 3.46. The van der Waals surface area contributed by atoms with Gasteiger partial charge in [-0.15, -0.1) is 0 Å². The average Bonchev–Trinajstić information content (AvgIpc) is 3.27. The number of hydrogen-bond acceptors (Lipinski definition) is 6. The standard InChI is InChI=1S/C20H22ClF3N6O/c1-18(2,3)17-27-15(29-8-6-19(31,10-29)20(22,23)24)14-16(28-17)30(11-26-14)9-13-12(21)5-4-7-25-13/h4-5,7,11,31H,6,8-10H2,1-3H3. The van der Waals surface area contributed by atoms with Gasteiger partial charge in [0.2, 0.25) is 0 Å². The summed E-state index contributed by atoms with van der Waals surface area (Å²) in [5.41, 5.74) is -1.78. The Bertz CT molecular complexity index is 1130. The van der Waals surface area contributed by atoms with Crippen molar-refractivity contribution in [3.05, 3.63) is 41.2 Å². The molecule has 0 spiro atoms. The van der Waals surface area contributed by atoms with E-state index in [1.54, 1.807) is 29.2 Å². The lowest BCUT2D eigenvalue weighted by Crippen LogP contribution is -2.47. The SMILES string of the molecule is CC(C)(C)c1nc(N2CCC(O)(C(F)(F)F)C2)c2ncn(Cc3ncccc3Cl)c2n1. The van der Waals surface area contributed by atoms with Crippen LogP contribution in [0.2, 0.25) is 5.02 Å². The van der Waals surface area contributed by atoms with Crippen LogP contribution < -0.4 is 4.90 Å². The molecule has 166 valence electrons. The van der Waals surface area contributed by atoms with Gasteiger partial charge in [-0.2, -0.15) is 13.2 Å². The highest BCUT2D eigenvalue weighted by atomic mass is 35.5. The third-order valence-corrected chi connectivity index (χ3v) is 5.69. The minimum Gasteiger partial charge on any atom is -0.379 e. The van der Waals surface area contributed by atoms with Crippen LogP contribution in [0.3, 0.4) is 0 Å². The second kappa shape index (κ2) is 7.30. The van der Waals surface area contributed by atoms with Crippen LogP contribution in [0.1, 0.15) is 38.7 Å². The van der Waals surface area contributed by atoms with Crippen LogP contribution in [0.25, 0.3) is 11.2 Å². The van der Waals surface area contributed by atoms with Crippen molar-refractivity contribution in [2.45, 2.75) is 50.9 Å². The molecular weight excluding hydrogens is 433 g/mol. The number of rotatable bonds is 3. The summed E-state index contributed by atoms with van der Waals surface area (Å²) in [5, 5.41) is 10.6. The van der Waals surface area contributed by atoms with E-state index < -0.39 is 30.2 Å². The maximum Gasteiger partial charge on any atom is 0.418 e. The van der Waals surface area contributed by atoms with Gasteiger partial charge in [-0.3, -0.25) is 4.98 Å². The molecule has 0 bridgehead atoms. The lowest BCUT2D eigenvalue weighted by atomic mass is 9.96. The first-order chi connectivity index (χ1) is 14.4. The van der Waals surface area contributed by atoms with Gasteiger partial charge >= 0.3 is 6.18 Å². The average molecular weight is 455 g/mol. The van der Waals surface area contributed by atoms with Gasteiger partial charge in [-0.25, -0.2) is 15.0 Å². The number of aliphatic hydroxyl groups is 1. The van der Waals surface area contributed by atoms with E-state index in [9.17, 15) is 18.3 Å².